The Kier molecular flexibility index (Phi) is 4.39. The number of hydrogen-bond acceptors (Lipinski definition) is 4. The fourth-order valence-corrected chi connectivity index (χ4v) is 2.21. The van der Waals surface area contributed by atoms with Crippen LogP contribution in [0.25, 0.3) is 0 Å². The smallest absolute Gasteiger partial charge is 0.134 e. The van der Waals surface area contributed by atoms with Gasteiger partial charge in [-0.15, -0.1) is 0 Å². The van der Waals surface area contributed by atoms with Crippen molar-refractivity contribution in [2.24, 2.45) is 0 Å². The van der Waals surface area contributed by atoms with Gasteiger partial charge in [-0.05, 0) is 36.0 Å². The molecule has 0 bridgehead atoms. The van der Waals surface area contributed by atoms with E-state index in [0.29, 0.717) is 0 Å². The molecule has 0 heterocycles. The maximum Gasteiger partial charge on any atom is 0.134 e. The number of thiocyanates is 2. The number of rotatable bonds is 3. The Hall–Kier alpha value is -1.10. The number of thioether (sulfide) groups is 2. The molecule has 0 atom stereocenters. The fraction of sp³-hybridized carbons (Fsp3) is 0.200. The van der Waals surface area contributed by atoms with Crippen LogP contribution in [0.3, 0.4) is 0 Å². The molecule has 0 aromatic heterocycles. The molecule has 0 unspecified atom stereocenters. The largest absolute Gasteiger partial charge is 0.185 e. The van der Waals surface area contributed by atoms with Gasteiger partial charge in [0, 0.05) is 0 Å². The van der Waals surface area contributed by atoms with Crippen molar-refractivity contribution in [1.82, 2.24) is 0 Å². The minimum atomic E-state index is -0.106. The summed E-state index contributed by atoms with van der Waals surface area (Å²) in [5, 5.41) is 21.2. The highest BCUT2D eigenvalue weighted by molar-refractivity contribution is 8.20. The van der Waals surface area contributed by atoms with Gasteiger partial charge in [-0.2, -0.15) is 10.5 Å². The van der Waals surface area contributed by atoms with Gasteiger partial charge in [0.2, 0.25) is 0 Å². The lowest BCUT2D eigenvalue weighted by atomic mass is 10.2. The average Bonchev–Trinajstić information content (AvgIpc) is 2.19. The minimum Gasteiger partial charge on any atom is -0.185 e. The number of benzene rings is 1. The van der Waals surface area contributed by atoms with Crippen LogP contribution < -0.4 is 0 Å². The van der Waals surface area contributed by atoms with Crippen molar-refractivity contribution in [3.63, 3.8) is 0 Å². The molecule has 0 aliphatic carbocycles. The molecule has 70 valence electrons. The van der Waals surface area contributed by atoms with Crippen LogP contribution in [-0.2, 0) is 0 Å². The van der Waals surface area contributed by atoms with Gasteiger partial charge in [-0.25, -0.2) is 0 Å². The first-order chi connectivity index (χ1) is 6.77. The molecule has 1 aromatic carbocycles. The first-order valence-corrected chi connectivity index (χ1v) is 5.70. The van der Waals surface area contributed by atoms with E-state index in [9.17, 15) is 0 Å². The van der Waals surface area contributed by atoms with Crippen molar-refractivity contribution in [1.29, 1.82) is 10.5 Å². The summed E-state index contributed by atoms with van der Waals surface area (Å²) < 4.78 is -0.106. The van der Waals surface area contributed by atoms with E-state index in [0.717, 1.165) is 29.1 Å². The summed E-state index contributed by atoms with van der Waals surface area (Å²) in [5.41, 5.74) is 2.19. The van der Waals surface area contributed by atoms with Gasteiger partial charge >= 0.3 is 0 Å². The second kappa shape index (κ2) is 5.59. The molecule has 0 spiro atoms. The molecule has 0 aliphatic rings. The van der Waals surface area contributed by atoms with Crippen LogP contribution in [0.1, 0.15) is 15.7 Å². The molecule has 0 amide bonds. The minimum absolute atomic E-state index is 0.106. The summed E-state index contributed by atoms with van der Waals surface area (Å²) in [4.78, 5) is 0. The second-order valence-corrected chi connectivity index (χ2v) is 4.74. The molecule has 1 aromatic rings. The maximum absolute atomic E-state index is 8.57. The Morgan fingerprint density at radius 2 is 1.57 bits per heavy atom. The third kappa shape index (κ3) is 2.99. The third-order valence-corrected chi connectivity index (χ3v) is 3.43. The topological polar surface area (TPSA) is 47.6 Å². The van der Waals surface area contributed by atoms with Gasteiger partial charge in [-0.1, -0.05) is 29.8 Å². The Balaban J connectivity index is 2.84. The normalized spacial score (nSPS) is 9.43. The quantitative estimate of drug-likeness (QED) is 0.578. The Labute approximate surface area is 91.9 Å². The van der Waals surface area contributed by atoms with Crippen LogP contribution >= 0.6 is 23.5 Å². The summed E-state index contributed by atoms with van der Waals surface area (Å²) in [6.45, 7) is 2.01. The molecule has 4 heteroatoms. The van der Waals surface area contributed by atoms with E-state index in [1.165, 1.54) is 5.56 Å². The second-order valence-electron chi connectivity index (χ2n) is 2.66. The monoisotopic (exact) mass is 220 g/mol. The van der Waals surface area contributed by atoms with Crippen molar-refractivity contribution < 1.29 is 0 Å². The van der Waals surface area contributed by atoms with Gasteiger partial charge in [-0.3, -0.25) is 0 Å². The first-order valence-electron chi connectivity index (χ1n) is 3.94. The van der Waals surface area contributed by atoms with Crippen LogP contribution in [0.5, 0.6) is 0 Å². The lowest BCUT2D eigenvalue weighted by Gasteiger charge is -2.07. The molecule has 0 aliphatic heterocycles. The third-order valence-electron chi connectivity index (χ3n) is 1.67. The fourth-order valence-electron chi connectivity index (χ4n) is 0.979. The zero-order valence-corrected chi connectivity index (χ0v) is 9.23. The van der Waals surface area contributed by atoms with Gasteiger partial charge < -0.3 is 0 Å². The molecule has 0 saturated carbocycles. The molecule has 0 N–H and O–H groups in total. The Bertz CT molecular complexity index is 357. The Morgan fingerprint density at radius 3 is 2.00 bits per heavy atom. The summed E-state index contributed by atoms with van der Waals surface area (Å²) in [7, 11) is 0. The number of aryl methyl sites for hydroxylation is 1. The van der Waals surface area contributed by atoms with E-state index in [1.807, 2.05) is 42.0 Å². The van der Waals surface area contributed by atoms with Gasteiger partial charge in [0.25, 0.3) is 0 Å². The van der Waals surface area contributed by atoms with Crippen LogP contribution in [0.2, 0.25) is 0 Å². The maximum atomic E-state index is 8.57. The van der Waals surface area contributed by atoms with Crippen LogP contribution in [0.4, 0.5) is 0 Å². The van der Waals surface area contributed by atoms with Crippen molar-refractivity contribution in [3.05, 3.63) is 35.4 Å². The standard InChI is InChI=1S/C10H8N2S2/c1-8-2-4-9(5-3-8)10(13-6-11)14-7-12/h2-5,10H,1H3. The van der Waals surface area contributed by atoms with Crippen LogP contribution in [-0.4, -0.2) is 0 Å². The van der Waals surface area contributed by atoms with E-state index in [4.69, 9.17) is 10.5 Å². The molecule has 14 heavy (non-hydrogen) atoms. The summed E-state index contributed by atoms with van der Waals surface area (Å²) in [5.74, 6) is 0. The lowest BCUT2D eigenvalue weighted by Crippen LogP contribution is -1.86. The van der Waals surface area contributed by atoms with E-state index in [2.05, 4.69) is 0 Å². The van der Waals surface area contributed by atoms with Crippen molar-refractivity contribution in [3.8, 4) is 10.8 Å². The SMILES string of the molecule is Cc1ccc(C(SC#N)SC#N)cc1. The lowest BCUT2D eigenvalue weighted by molar-refractivity contribution is 1.35. The Morgan fingerprint density at radius 1 is 1.07 bits per heavy atom. The average molecular weight is 220 g/mol. The van der Waals surface area contributed by atoms with Crippen molar-refractivity contribution in [2.75, 3.05) is 0 Å². The van der Waals surface area contributed by atoms with Crippen molar-refractivity contribution >= 4 is 23.5 Å². The predicted octanol–water partition coefficient (Wildman–Crippen LogP) is 3.42. The van der Waals surface area contributed by atoms with Crippen LogP contribution in [0, 0.1) is 28.3 Å². The van der Waals surface area contributed by atoms with E-state index in [-0.39, 0.29) is 4.58 Å². The highest BCUT2D eigenvalue weighted by Gasteiger charge is 2.12. The van der Waals surface area contributed by atoms with E-state index in [1.54, 1.807) is 0 Å². The predicted molar refractivity (Wildman–Crippen MR) is 60.3 cm³/mol. The van der Waals surface area contributed by atoms with Gasteiger partial charge in [0.1, 0.15) is 15.4 Å². The molecular formula is C10H8N2S2. The molecule has 0 saturated heterocycles. The van der Waals surface area contributed by atoms with Crippen LogP contribution in [0.15, 0.2) is 24.3 Å². The highest BCUT2D eigenvalue weighted by Crippen LogP contribution is 2.38. The molecular weight excluding hydrogens is 212 g/mol. The molecule has 0 fully saturated rings. The number of hydrogen-bond donors (Lipinski definition) is 0. The zero-order valence-electron chi connectivity index (χ0n) is 7.60. The summed E-state index contributed by atoms with van der Waals surface area (Å²) in [6.07, 6.45) is 0. The number of nitrogens with zero attached hydrogens (tertiary/aromatic N) is 2. The van der Waals surface area contributed by atoms with E-state index < -0.39 is 0 Å². The summed E-state index contributed by atoms with van der Waals surface area (Å²) >= 11 is 2.21. The molecule has 2 nitrogen and oxygen atoms in total. The zero-order chi connectivity index (χ0) is 10.4. The van der Waals surface area contributed by atoms with E-state index >= 15 is 0 Å². The van der Waals surface area contributed by atoms with Gasteiger partial charge in [0.15, 0.2) is 0 Å². The number of nitriles is 2. The first kappa shape index (κ1) is 11.0. The summed E-state index contributed by atoms with van der Waals surface area (Å²) in [6, 6.07) is 7.87. The van der Waals surface area contributed by atoms with Crippen molar-refractivity contribution in [2.45, 2.75) is 11.5 Å². The molecule has 0 radical (unpaired) electrons. The highest BCUT2D eigenvalue weighted by atomic mass is 32.2. The van der Waals surface area contributed by atoms with Gasteiger partial charge in [0.05, 0.1) is 0 Å². The molecule has 1 rings (SSSR count).